The molecule has 0 aromatic heterocycles. The summed E-state index contributed by atoms with van der Waals surface area (Å²) in [5, 5.41) is 0. The van der Waals surface area contributed by atoms with Gasteiger partial charge in [-0.2, -0.15) is 0 Å². The van der Waals surface area contributed by atoms with Crippen molar-refractivity contribution in [3.63, 3.8) is 0 Å². The molecule has 2 fully saturated rings. The predicted octanol–water partition coefficient (Wildman–Crippen LogP) is 7.71. The summed E-state index contributed by atoms with van der Waals surface area (Å²) in [6.07, 6.45) is -5.35. The molecule has 0 aliphatic carbocycles. The molecule has 0 amide bonds. The van der Waals surface area contributed by atoms with Crippen LogP contribution in [0, 0.1) is 0 Å². The van der Waals surface area contributed by atoms with Crippen LogP contribution in [-0.2, 0) is 84.5 Å². The molecule has 0 bridgehead atoms. The van der Waals surface area contributed by atoms with Crippen LogP contribution in [0.25, 0.3) is 0 Å². The highest BCUT2D eigenvalue weighted by molar-refractivity contribution is 7.52. The second-order valence-corrected chi connectivity index (χ2v) is 18.1. The van der Waals surface area contributed by atoms with E-state index in [1.807, 2.05) is 152 Å². The predicted molar refractivity (Wildman–Crippen MR) is 246 cm³/mol. The second kappa shape index (κ2) is 24.9. The largest absolute Gasteiger partial charge is 0.374 e. The van der Waals surface area contributed by atoms with Crippen molar-refractivity contribution in [3.05, 3.63) is 192 Å². The lowest BCUT2D eigenvalue weighted by Gasteiger charge is -2.47. The second-order valence-electron chi connectivity index (χ2n) is 16.1. The number of benzene rings is 5. The molecule has 2 heterocycles. The molecule has 65 heavy (non-hydrogen) atoms. The number of ether oxygens (including phenoxy) is 8. The first-order chi connectivity index (χ1) is 31.8. The lowest BCUT2D eigenvalue weighted by atomic mass is 9.96. The maximum atomic E-state index is 14.2. The zero-order chi connectivity index (χ0) is 45.3. The van der Waals surface area contributed by atoms with Crippen molar-refractivity contribution in [1.82, 2.24) is 0 Å². The van der Waals surface area contributed by atoms with Crippen molar-refractivity contribution in [2.45, 2.75) is 94.3 Å². The van der Waals surface area contributed by atoms with Gasteiger partial charge in [-0.15, -0.1) is 6.58 Å². The van der Waals surface area contributed by atoms with Gasteiger partial charge in [-0.3, -0.25) is 9.09 Å². The summed E-state index contributed by atoms with van der Waals surface area (Å²) in [6.45, 7) is 6.41. The van der Waals surface area contributed by atoms with Crippen LogP contribution < -0.4 is 11.5 Å². The van der Waals surface area contributed by atoms with Gasteiger partial charge in [0.15, 0.2) is 12.6 Å². The molecule has 5 aromatic carbocycles. The SMILES string of the molecule is C=CCOC1OC(COC2OC(COCc3ccccc3)C(OP(C)(=O)OCc3ccccc3)C(OCc3ccccc3)C2N)C(OCc2ccccc2)C(OCc2ccccc2)C1N. The van der Waals surface area contributed by atoms with E-state index in [0.29, 0.717) is 0 Å². The maximum absolute atomic E-state index is 14.2. The van der Waals surface area contributed by atoms with Crippen molar-refractivity contribution < 1.29 is 51.5 Å². The molecule has 2 aliphatic heterocycles. The third-order valence-corrected chi connectivity index (χ3v) is 12.3. The quantitative estimate of drug-likeness (QED) is 0.0458. The third-order valence-electron chi connectivity index (χ3n) is 11.1. The summed E-state index contributed by atoms with van der Waals surface area (Å²) in [4.78, 5) is 0. The van der Waals surface area contributed by atoms with Gasteiger partial charge in [0.05, 0.1) is 64.9 Å². The Balaban J connectivity index is 1.15. The molecule has 2 aliphatic rings. The van der Waals surface area contributed by atoms with E-state index >= 15 is 0 Å². The molecule has 0 spiro atoms. The highest BCUT2D eigenvalue weighted by Gasteiger charge is 2.51. The topological polar surface area (TPSA) is 161 Å². The van der Waals surface area contributed by atoms with E-state index < -0.39 is 68.9 Å². The smallest absolute Gasteiger partial charge is 0.328 e. The van der Waals surface area contributed by atoms with Crippen LogP contribution in [0.15, 0.2) is 164 Å². The monoisotopic (exact) mass is 908 g/mol. The zero-order valence-electron chi connectivity index (χ0n) is 36.7. The molecule has 14 heteroatoms. The lowest BCUT2D eigenvalue weighted by molar-refractivity contribution is -0.309. The van der Waals surface area contributed by atoms with Crippen molar-refractivity contribution >= 4 is 7.60 Å². The molecule has 4 N–H and O–H groups in total. The first kappa shape index (κ1) is 48.5. The fraction of sp³-hybridized carbons (Fsp3) is 0.373. The third kappa shape index (κ3) is 14.5. The Morgan fingerprint density at radius 1 is 0.508 bits per heavy atom. The summed E-state index contributed by atoms with van der Waals surface area (Å²) in [5.74, 6) is 0. The van der Waals surface area contributed by atoms with E-state index in [0.717, 1.165) is 27.8 Å². The van der Waals surface area contributed by atoms with Gasteiger partial charge >= 0.3 is 7.60 Å². The van der Waals surface area contributed by atoms with Gasteiger partial charge < -0.3 is 53.9 Å². The Labute approximate surface area is 382 Å². The number of nitrogens with two attached hydrogens (primary N) is 2. The first-order valence-electron chi connectivity index (χ1n) is 21.9. The van der Waals surface area contributed by atoms with Crippen LogP contribution in [0.1, 0.15) is 27.8 Å². The van der Waals surface area contributed by atoms with Crippen molar-refractivity contribution in [1.29, 1.82) is 0 Å². The van der Waals surface area contributed by atoms with Crippen LogP contribution in [0.5, 0.6) is 0 Å². The number of hydrogen-bond donors (Lipinski definition) is 2. The molecule has 11 atom stereocenters. The fourth-order valence-corrected chi connectivity index (χ4v) is 8.84. The molecule has 0 radical (unpaired) electrons. The zero-order valence-corrected chi connectivity index (χ0v) is 37.6. The van der Waals surface area contributed by atoms with E-state index in [4.69, 9.17) is 58.4 Å². The molecule has 5 aromatic rings. The minimum atomic E-state index is -3.77. The number of hydrogen-bond acceptors (Lipinski definition) is 13. The molecule has 11 unspecified atom stereocenters. The molecular formula is C51H61N2O11P. The van der Waals surface area contributed by atoms with E-state index in [9.17, 15) is 4.57 Å². The molecular weight excluding hydrogens is 848 g/mol. The van der Waals surface area contributed by atoms with E-state index in [-0.39, 0.29) is 52.9 Å². The van der Waals surface area contributed by atoms with Gasteiger partial charge in [0, 0.05) is 6.66 Å². The van der Waals surface area contributed by atoms with E-state index in [1.54, 1.807) is 6.08 Å². The molecule has 0 saturated carbocycles. The highest BCUT2D eigenvalue weighted by Crippen LogP contribution is 2.48. The minimum Gasteiger partial charge on any atom is -0.374 e. The fourth-order valence-electron chi connectivity index (χ4n) is 7.70. The summed E-state index contributed by atoms with van der Waals surface area (Å²) >= 11 is 0. The van der Waals surface area contributed by atoms with Gasteiger partial charge in [-0.25, -0.2) is 0 Å². The summed E-state index contributed by atoms with van der Waals surface area (Å²) in [5.41, 5.74) is 18.6. The van der Waals surface area contributed by atoms with Crippen LogP contribution >= 0.6 is 7.60 Å². The van der Waals surface area contributed by atoms with Crippen LogP contribution in [0.3, 0.4) is 0 Å². The van der Waals surface area contributed by atoms with Gasteiger partial charge in [0.1, 0.15) is 36.6 Å². The average molecular weight is 909 g/mol. The molecule has 346 valence electrons. The van der Waals surface area contributed by atoms with Crippen LogP contribution in [0.4, 0.5) is 0 Å². The normalized spacial score (nSPS) is 26.6. The highest BCUT2D eigenvalue weighted by atomic mass is 31.2. The Hall–Kier alpha value is -4.41. The summed E-state index contributed by atoms with van der Waals surface area (Å²) < 4.78 is 78.7. The van der Waals surface area contributed by atoms with Crippen molar-refractivity contribution in [2.75, 3.05) is 26.5 Å². The van der Waals surface area contributed by atoms with Crippen LogP contribution in [0.2, 0.25) is 0 Å². The maximum Gasteiger partial charge on any atom is 0.328 e. The van der Waals surface area contributed by atoms with Gasteiger partial charge in [0.2, 0.25) is 0 Å². The number of rotatable bonds is 24. The standard InChI is InChI=1S/C51H61N2O11P/c1-3-29-56-50-44(52)48(58-32-39-23-13-6-14-24-39)46(57-31-38-21-11-5-12-22-38)43(63-50)36-60-51-45(53)49(59-33-40-25-15-7-16-26-40)47(42(62-51)35-55-30-37-19-9-4-10-20-37)64-65(2,54)61-34-41-27-17-8-18-28-41/h3-28,42-51H,1,29-36,52-53H2,2H3. The van der Waals surface area contributed by atoms with Gasteiger partial charge in [-0.05, 0) is 27.8 Å². The van der Waals surface area contributed by atoms with E-state index in [1.165, 1.54) is 6.66 Å². The lowest BCUT2D eigenvalue weighted by Crippen LogP contribution is -2.66. The summed E-state index contributed by atoms with van der Waals surface area (Å²) in [6, 6.07) is 46.8. The van der Waals surface area contributed by atoms with Gasteiger partial charge in [-0.1, -0.05) is 158 Å². The van der Waals surface area contributed by atoms with Crippen molar-refractivity contribution in [2.24, 2.45) is 11.5 Å². The Morgan fingerprint density at radius 2 is 0.892 bits per heavy atom. The van der Waals surface area contributed by atoms with Gasteiger partial charge in [0.25, 0.3) is 0 Å². The minimum absolute atomic E-state index is 0.0144. The molecule has 2 saturated heterocycles. The molecule has 7 rings (SSSR count). The summed E-state index contributed by atoms with van der Waals surface area (Å²) in [7, 11) is -3.77. The average Bonchev–Trinajstić information content (AvgIpc) is 3.34. The van der Waals surface area contributed by atoms with Crippen molar-refractivity contribution in [3.8, 4) is 0 Å². The Kier molecular flexibility index (Phi) is 18.6. The first-order valence-corrected chi connectivity index (χ1v) is 23.9. The Morgan fingerprint density at radius 3 is 1.35 bits per heavy atom. The Bertz CT molecular complexity index is 2160. The van der Waals surface area contributed by atoms with E-state index in [2.05, 4.69) is 6.58 Å². The van der Waals surface area contributed by atoms with Crippen LogP contribution in [-0.4, -0.2) is 87.8 Å². The molecule has 13 nitrogen and oxygen atoms in total.